The van der Waals surface area contributed by atoms with E-state index < -0.39 is 29.6 Å². The van der Waals surface area contributed by atoms with Crippen LogP contribution in [0.25, 0.3) is 0 Å². The first-order chi connectivity index (χ1) is 9.02. The van der Waals surface area contributed by atoms with E-state index in [2.05, 4.69) is 5.32 Å². The van der Waals surface area contributed by atoms with Crippen LogP contribution in [0.1, 0.15) is 18.5 Å². The van der Waals surface area contributed by atoms with Crippen LogP contribution >= 0.6 is 0 Å². The third kappa shape index (κ3) is 2.74. The molecule has 1 heterocycles. The number of primary amides is 1. The molecular formula is C13H17F2N3O. The minimum Gasteiger partial charge on any atom is -0.368 e. The molecule has 104 valence electrons. The maximum atomic E-state index is 13.8. The second-order valence-electron chi connectivity index (χ2n) is 4.68. The molecule has 2 unspecified atom stereocenters. The van der Waals surface area contributed by atoms with Crippen LogP contribution in [0.15, 0.2) is 18.2 Å². The summed E-state index contributed by atoms with van der Waals surface area (Å²) in [7, 11) is 0. The van der Waals surface area contributed by atoms with Crippen molar-refractivity contribution in [3.63, 3.8) is 0 Å². The summed E-state index contributed by atoms with van der Waals surface area (Å²) in [6.07, 6.45) is 0. The maximum Gasteiger partial charge on any atom is 0.236 e. The van der Waals surface area contributed by atoms with Crippen molar-refractivity contribution >= 4 is 5.91 Å². The van der Waals surface area contributed by atoms with E-state index in [-0.39, 0.29) is 5.56 Å². The van der Waals surface area contributed by atoms with E-state index in [0.717, 1.165) is 6.07 Å². The molecule has 0 radical (unpaired) electrons. The first-order valence-corrected chi connectivity index (χ1v) is 6.22. The number of carbonyl (C=O) groups excluding carboxylic acids is 1. The molecule has 0 bridgehead atoms. The van der Waals surface area contributed by atoms with Gasteiger partial charge >= 0.3 is 0 Å². The van der Waals surface area contributed by atoms with Crippen LogP contribution in [0.2, 0.25) is 0 Å². The largest absolute Gasteiger partial charge is 0.368 e. The van der Waals surface area contributed by atoms with Crippen molar-refractivity contribution in [3.8, 4) is 0 Å². The van der Waals surface area contributed by atoms with Gasteiger partial charge in [0.15, 0.2) is 11.6 Å². The SMILES string of the molecule is CC(c1cccc(F)c1F)N1CCNCC1C(N)=O. The van der Waals surface area contributed by atoms with E-state index in [1.165, 1.54) is 12.1 Å². The monoisotopic (exact) mass is 269 g/mol. The molecule has 19 heavy (non-hydrogen) atoms. The summed E-state index contributed by atoms with van der Waals surface area (Å²) in [5, 5.41) is 3.07. The summed E-state index contributed by atoms with van der Waals surface area (Å²) in [6, 6.07) is 3.16. The molecule has 1 fully saturated rings. The van der Waals surface area contributed by atoms with E-state index >= 15 is 0 Å². The van der Waals surface area contributed by atoms with Crippen molar-refractivity contribution in [1.82, 2.24) is 10.2 Å². The molecule has 1 amide bonds. The summed E-state index contributed by atoms with van der Waals surface area (Å²) in [6.45, 7) is 3.42. The Morgan fingerprint density at radius 3 is 2.95 bits per heavy atom. The van der Waals surface area contributed by atoms with Gasteiger partial charge in [0.25, 0.3) is 0 Å². The van der Waals surface area contributed by atoms with Gasteiger partial charge in [-0.1, -0.05) is 12.1 Å². The quantitative estimate of drug-likeness (QED) is 0.852. The molecular weight excluding hydrogens is 252 g/mol. The molecule has 1 aromatic carbocycles. The van der Waals surface area contributed by atoms with Gasteiger partial charge in [-0.2, -0.15) is 0 Å². The van der Waals surface area contributed by atoms with Gasteiger partial charge in [-0.25, -0.2) is 8.78 Å². The summed E-state index contributed by atoms with van der Waals surface area (Å²) in [4.78, 5) is 13.2. The fraction of sp³-hybridized carbons (Fsp3) is 0.462. The van der Waals surface area contributed by atoms with Crippen molar-refractivity contribution in [2.24, 2.45) is 5.73 Å². The number of nitrogens with one attached hydrogen (secondary N) is 1. The fourth-order valence-corrected chi connectivity index (χ4v) is 2.47. The number of nitrogens with zero attached hydrogens (tertiary/aromatic N) is 1. The Bertz CT molecular complexity index is 481. The Morgan fingerprint density at radius 2 is 2.26 bits per heavy atom. The van der Waals surface area contributed by atoms with Crippen molar-refractivity contribution in [3.05, 3.63) is 35.4 Å². The molecule has 0 aromatic heterocycles. The van der Waals surface area contributed by atoms with Crippen molar-refractivity contribution in [1.29, 1.82) is 0 Å². The predicted molar refractivity (Wildman–Crippen MR) is 67.3 cm³/mol. The van der Waals surface area contributed by atoms with Crippen molar-refractivity contribution in [2.75, 3.05) is 19.6 Å². The topological polar surface area (TPSA) is 58.4 Å². The van der Waals surface area contributed by atoms with Crippen LogP contribution < -0.4 is 11.1 Å². The number of hydrogen-bond donors (Lipinski definition) is 2. The molecule has 3 N–H and O–H groups in total. The van der Waals surface area contributed by atoms with Gasteiger partial charge < -0.3 is 11.1 Å². The second-order valence-corrected chi connectivity index (χ2v) is 4.68. The highest BCUT2D eigenvalue weighted by molar-refractivity contribution is 5.80. The molecule has 0 aliphatic carbocycles. The molecule has 1 saturated heterocycles. The van der Waals surface area contributed by atoms with E-state index in [0.29, 0.717) is 19.6 Å². The van der Waals surface area contributed by atoms with Crippen LogP contribution in [-0.4, -0.2) is 36.5 Å². The lowest BCUT2D eigenvalue weighted by Crippen LogP contribution is -2.57. The van der Waals surface area contributed by atoms with Crippen molar-refractivity contribution in [2.45, 2.75) is 19.0 Å². The number of hydrogen-bond acceptors (Lipinski definition) is 3. The summed E-state index contributed by atoms with van der Waals surface area (Å²) in [5.74, 6) is -2.21. The number of rotatable bonds is 3. The highest BCUT2D eigenvalue weighted by atomic mass is 19.2. The number of benzene rings is 1. The number of amides is 1. The van der Waals surface area contributed by atoms with E-state index in [4.69, 9.17) is 5.73 Å². The first-order valence-electron chi connectivity index (χ1n) is 6.22. The minimum atomic E-state index is -0.880. The average Bonchev–Trinajstić information content (AvgIpc) is 2.41. The van der Waals surface area contributed by atoms with Crippen LogP contribution in [0, 0.1) is 11.6 Å². The molecule has 2 rings (SSSR count). The third-order valence-corrected chi connectivity index (χ3v) is 3.54. The van der Waals surface area contributed by atoms with E-state index in [1.54, 1.807) is 11.8 Å². The van der Waals surface area contributed by atoms with Crippen molar-refractivity contribution < 1.29 is 13.6 Å². The Morgan fingerprint density at radius 1 is 1.53 bits per heavy atom. The van der Waals surface area contributed by atoms with E-state index in [1.807, 2.05) is 0 Å². The van der Waals surface area contributed by atoms with Gasteiger partial charge in [-0.3, -0.25) is 9.69 Å². The van der Waals surface area contributed by atoms with Gasteiger partial charge in [0.2, 0.25) is 5.91 Å². The Kier molecular flexibility index (Phi) is 4.11. The standard InChI is InChI=1S/C13H17F2N3O/c1-8(9-3-2-4-10(14)12(9)15)18-6-5-17-7-11(18)13(16)19/h2-4,8,11,17H,5-7H2,1H3,(H2,16,19). The molecule has 1 aliphatic rings. The molecule has 1 aromatic rings. The summed E-state index contributed by atoms with van der Waals surface area (Å²) >= 11 is 0. The van der Waals surface area contributed by atoms with Crippen LogP contribution in [0.3, 0.4) is 0 Å². The minimum absolute atomic E-state index is 0.244. The predicted octanol–water partition coefficient (Wildman–Crippen LogP) is 0.785. The third-order valence-electron chi connectivity index (χ3n) is 3.54. The number of nitrogens with two attached hydrogens (primary N) is 1. The normalized spacial score (nSPS) is 22.2. The number of carbonyl (C=O) groups is 1. The number of halogens is 2. The average molecular weight is 269 g/mol. The lowest BCUT2D eigenvalue weighted by Gasteiger charge is -2.38. The molecule has 4 nitrogen and oxygen atoms in total. The highest BCUT2D eigenvalue weighted by Crippen LogP contribution is 2.26. The highest BCUT2D eigenvalue weighted by Gasteiger charge is 2.32. The Balaban J connectivity index is 2.28. The molecule has 0 spiro atoms. The summed E-state index contributed by atoms with van der Waals surface area (Å²) < 4.78 is 27.1. The Hall–Kier alpha value is -1.53. The zero-order chi connectivity index (χ0) is 14.0. The van der Waals surface area contributed by atoms with Gasteiger partial charge in [0.05, 0.1) is 0 Å². The van der Waals surface area contributed by atoms with Gasteiger partial charge in [-0.05, 0) is 13.0 Å². The van der Waals surface area contributed by atoms with Gasteiger partial charge in [0.1, 0.15) is 6.04 Å². The second kappa shape index (κ2) is 5.63. The van der Waals surface area contributed by atoms with Crippen LogP contribution in [-0.2, 0) is 4.79 Å². The maximum absolute atomic E-state index is 13.8. The smallest absolute Gasteiger partial charge is 0.236 e. The fourth-order valence-electron chi connectivity index (χ4n) is 2.47. The van der Waals surface area contributed by atoms with Crippen LogP contribution in [0.4, 0.5) is 8.78 Å². The van der Waals surface area contributed by atoms with E-state index in [9.17, 15) is 13.6 Å². The lowest BCUT2D eigenvalue weighted by atomic mass is 10.0. The molecule has 6 heteroatoms. The zero-order valence-electron chi connectivity index (χ0n) is 10.7. The molecule has 1 aliphatic heterocycles. The van der Waals surface area contributed by atoms with Crippen LogP contribution in [0.5, 0.6) is 0 Å². The van der Waals surface area contributed by atoms with Gasteiger partial charge in [0, 0.05) is 31.2 Å². The Labute approximate surface area is 110 Å². The molecule has 0 saturated carbocycles. The zero-order valence-corrected chi connectivity index (χ0v) is 10.7. The number of piperazine rings is 1. The first kappa shape index (κ1) is 13.9. The summed E-state index contributed by atoms with van der Waals surface area (Å²) in [5.41, 5.74) is 5.60. The molecule has 2 atom stereocenters. The lowest BCUT2D eigenvalue weighted by molar-refractivity contribution is -0.124. The van der Waals surface area contributed by atoms with Gasteiger partial charge in [-0.15, -0.1) is 0 Å².